The second-order valence-corrected chi connectivity index (χ2v) is 13.5. The SMILES string of the molecule is C=C[Si](O[Si](C)(C)C)(N(CC)C(C)=O)N(CC)C(C)=O. The van der Waals surface area contributed by atoms with Crippen LogP contribution in [0.2, 0.25) is 19.6 Å². The van der Waals surface area contributed by atoms with Crippen LogP contribution in [0.1, 0.15) is 27.7 Å². The van der Waals surface area contributed by atoms with Crippen LogP contribution in [-0.2, 0) is 13.7 Å². The highest BCUT2D eigenvalue weighted by Gasteiger charge is 2.51. The topological polar surface area (TPSA) is 49.9 Å². The Bertz CT molecular complexity index is 358. The summed E-state index contributed by atoms with van der Waals surface area (Å²) in [4.78, 5) is 24.0. The molecule has 0 spiro atoms. The first kappa shape index (κ1) is 19.1. The highest BCUT2D eigenvalue weighted by molar-refractivity contribution is 6.87. The van der Waals surface area contributed by atoms with Crippen LogP contribution in [0.25, 0.3) is 0 Å². The molecule has 0 atom stereocenters. The van der Waals surface area contributed by atoms with E-state index < -0.39 is 17.0 Å². The Morgan fingerprint density at radius 1 is 1.05 bits per heavy atom. The molecule has 0 saturated carbocycles. The van der Waals surface area contributed by atoms with Gasteiger partial charge in [0, 0.05) is 26.9 Å². The molecule has 7 heteroatoms. The average molecular weight is 317 g/mol. The van der Waals surface area contributed by atoms with Gasteiger partial charge in [0.15, 0.2) is 8.32 Å². The number of nitrogens with zero attached hydrogens (tertiary/aromatic N) is 2. The van der Waals surface area contributed by atoms with Gasteiger partial charge in [0.05, 0.1) is 0 Å². The summed E-state index contributed by atoms with van der Waals surface area (Å²) in [5, 5.41) is 0. The zero-order chi connectivity index (χ0) is 16.1. The maximum atomic E-state index is 12.0. The minimum Gasteiger partial charge on any atom is -0.422 e. The summed E-state index contributed by atoms with van der Waals surface area (Å²) >= 11 is 0. The van der Waals surface area contributed by atoms with Crippen LogP contribution in [0.5, 0.6) is 0 Å². The molecule has 0 aliphatic carbocycles. The fraction of sp³-hybridized carbons (Fsp3) is 0.692. The Kier molecular flexibility index (Phi) is 6.86. The van der Waals surface area contributed by atoms with Crippen LogP contribution < -0.4 is 0 Å². The fourth-order valence-corrected chi connectivity index (χ4v) is 9.68. The predicted molar refractivity (Wildman–Crippen MR) is 86.5 cm³/mol. The summed E-state index contributed by atoms with van der Waals surface area (Å²) in [5.74, 6) is -0.172. The van der Waals surface area contributed by atoms with E-state index >= 15 is 0 Å². The third-order valence-corrected chi connectivity index (χ3v) is 9.88. The Morgan fingerprint density at radius 2 is 1.40 bits per heavy atom. The van der Waals surface area contributed by atoms with Crippen molar-refractivity contribution in [3.8, 4) is 0 Å². The molecule has 0 aromatic heterocycles. The summed E-state index contributed by atoms with van der Waals surface area (Å²) in [6.45, 7) is 17.9. The normalized spacial score (nSPS) is 11.9. The lowest BCUT2D eigenvalue weighted by Crippen LogP contribution is -2.71. The predicted octanol–water partition coefficient (Wildman–Crippen LogP) is 2.24. The molecule has 0 N–H and O–H groups in total. The van der Waals surface area contributed by atoms with Crippen molar-refractivity contribution in [2.75, 3.05) is 13.1 Å². The molecule has 116 valence electrons. The maximum absolute atomic E-state index is 12.0. The highest BCUT2D eigenvalue weighted by atomic mass is 28.4. The van der Waals surface area contributed by atoms with E-state index in [-0.39, 0.29) is 11.8 Å². The standard InChI is InChI=1S/C13H28N2O3Si2/c1-9-14(12(4)16)20(11-3,18-19(6,7)8)15(10-2)13(5)17/h11H,3,9-10H2,1-2,4-8H3. The molecular weight excluding hydrogens is 288 g/mol. The molecule has 0 aliphatic heterocycles. The third kappa shape index (κ3) is 4.29. The number of hydrogen-bond donors (Lipinski definition) is 0. The first-order valence-corrected chi connectivity index (χ1v) is 12.2. The molecular formula is C13H28N2O3Si2. The Balaban J connectivity index is 6.02. The molecule has 2 amide bonds. The summed E-state index contributed by atoms with van der Waals surface area (Å²) in [6.07, 6.45) is 0. The van der Waals surface area contributed by atoms with Crippen molar-refractivity contribution in [2.24, 2.45) is 0 Å². The lowest BCUT2D eigenvalue weighted by atomic mass is 10.6. The smallest absolute Gasteiger partial charge is 0.422 e. The van der Waals surface area contributed by atoms with Gasteiger partial charge < -0.3 is 13.2 Å². The largest absolute Gasteiger partial charge is 0.440 e. The fourth-order valence-electron chi connectivity index (χ4n) is 2.32. The van der Waals surface area contributed by atoms with E-state index in [1.807, 2.05) is 13.8 Å². The van der Waals surface area contributed by atoms with Crippen molar-refractivity contribution in [1.82, 2.24) is 9.13 Å². The zero-order valence-electron chi connectivity index (χ0n) is 13.8. The van der Waals surface area contributed by atoms with Gasteiger partial charge in [-0.25, -0.2) is 0 Å². The number of carbonyl (C=O) groups is 2. The van der Waals surface area contributed by atoms with E-state index in [2.05, 4.69) is 26.2 Å². The molecule has 0 fully saturated rings. The third-order valence-electron chi connectivity index (χ3n) is 2.89. The van der Waals surface area contributed by atoms with Gasteiger partial charge in [0.2, 0.25) is 11.8 Å². The minimum atomic E-state index is -3.00. The van der Waals surface area contributed by atoms with Crippen LogP contribution in [0.15, 0.2) is 12.3 Å². The van der Waals surface area contributed by atoms with Gasteiger partial charge >= 0.3 is 8.64 Å². The first-order valence-electron chi connectivity index (χ1n) is 6.95. The van der Waals surface area contributed by atoms with Crippen molar-refractivity contribution in [3.63, 3.8) is 0 Å². The lowest BCUT2D eigenvalue weighted by Gasteiger charge is -2.47. The van der Waals surface area contributed by atoms with Crippen molar-refractivity contribution in [1.29, 1.82) is 0 Å². The molecule has 0 unspecified atom stereocenters. The highest BCUT2D eigenvalue weighted by Crippen LogP contribution is 2.24. The first-order chi connectivity index (χ1) is 9.05. The molecule has 20 heavy (non-hydrogen) atoms. The Morgan fingerprint density at radius 3 is 1.55 bits per heavy atom. The minimum absolute atomic E-state index is 0.0861. The number of amides is 2. The van der Waals surface area contributed by atoms with Crippen molar-refractivity contribution >= 4 is 28.8 Å². The summed E-state index contributed by atoms with van der Waals surface area (Å²) in [7, 11) is -4.96. The number of rotatable bonds is 7. The van der Waals surface area contributed by atoms with Crippen LogP contribution >= 0.6 is 0 Å². The molecule has 0 aromatic rings. The molecule has 0 saturated heterocycles. The molecule has 0 heterocycles. The van der Waals surface area contributed by atoms with E-state index in [1.54, 1.807) is 14.8 Å². The van der Waals surface area contributed by atoms with E-state index in [4.69, 9.17) is 4.12 Å². The van der Waals surface area contributed by atoms with Gasteiger partial charge in [-0.1, -0.05) is 0 Å². The van der Waals surface area contributed by atoms with Gasteiger partial charge in [0.1, 0.15) is 0 Å². The van der Waals surface area contributed by atoms with E-state index in [1.165, 1.54) is 13.8 Å². The molecule has 0 radical (unpaired) electrons. The molecule has 0 bridgehead atoms. The molecule has 0 aliphatic rings. The average Bonchev–Trinajstić information content (AvgIpc) is 2.26. The van der Waals surface area contributed by atoms with E-state index in [0.717, 1.165) is 0 Å². The Labute approximate surface area is 125 Å². The van der Waals surface area contributed by atoms with Gasteiger partial charge in [0.25, 0.3) is 0 Å². The van der Waals surface area contributed by atoms with E-state index in [0.29, 0.717) is 13.1 Å². The second-order valence-electron chi connectivity index (χ2n) is 5.60. The number of hydrogen-bond acceptors (Lipinski definition) is 3. The Hall–Kier alpha value is -0.926. The van der Waals surface area contributed by atoms with Gasteiger partial charge in [-0.2, -0.15) is 0 Å². The molecule has 0 aromatic carbocycles. The van der Waals surface area contributed by atoms with Gasteiger partial charge in [-0.15, -0.1) is 6.58 Å². The summed E-state index contributed by atoms with van der Waals surface area (Å²) in [5.41, 5.74) is 1.70. The summed E-state index contributed by atoms with van der Waals surface area (Å²) in [6, 6.07) is 0. The maximum Gasteiger partial charge on any atom is 0.440 e. The second kappa shape index (κ2) is 7.19. The van der Waals surface area contributed by atoms with Crippen molar-refractivity contribution in [2.45, 2.75) is 47.3 Å². The van der Waals surface area contributed by atoms with Crippen LogP contribution in [-0.4, -0.2) is 51.0 Å². The van der Waals surface area contributed by atoms with Gasteiger partial charge in [-0.05, 0) is 39.2 Å². The van der Waals surface area contributed by atoms with Crippen molar-refractivity contribution < 1.29 is 13.7 Å². The van der Waals surface area contributed by atoms with E-state index in [9.17, 15) is 9.59 Å². The van der Waals surface area contributed by atoms with Crippen LogP contribution in [0.3, 0.4) is 0 Å². The molecule has 5 nitrogen and oxygen atoms in total. The lowest BCUT2D eigenvalue weighted by molar-refractivity contribution is -0.128. The zero-order valence-corrected chi connectivity index (χ0v) is 15.8. The van der Waals surface area contributed by atoms with Crippen molar-refractivity contribution in [3.05, 3.63) is 12.3 Å². The summed E-state index contributed by atoms with van der Waals surface area (Å²) < 4.78 is 9.74. The van der Waals surface area contributed by atoms with Gasteiger partial charge in [-0.3, -0.25) is 9.59 Å². The number of carbonyl (C=O) groups excluding carboxylic acids is 2. The van der Waals surface area contributed by atoms with Crippen LogP contribution in [0.4, 0.5) is 0 Å². The monoisotopic (exact) mass is 316 g/mol. The van der Waals surface area contributed by atoms with Crippen LogP contribution in [0, 0.1) is 0 Å². The quantitative estimate of drug-likeness (QED) is 0.677. The molecule has 0 rings (SSSR count).